The SMILES string of the molecule is CN(Cc1cccs1)C(=O)COC(=O)c1ccc(Cl)c(S(C)(=O)=O)c1. The lowest BCUT2D eigenvalue weighted by Crippen LogP contribution is -2.30. The third kappa shape index (κ3) is 5.29. The second-order valence-corrected chi connectivity index (χ2v) is 8.75. The molecule has 134 valence electrons. The van der Waals surface area contributed by atoms with Crippen molar-refractivity contribution in [2.75, 3.05) is 19.9 Å². The summed E-state index contributed by atoms with van der Waals surface area (Å²) in [6.45, 7) is -0.00916. The first-order chi connectivity index (χ1) is 11.7. The minimum atomic E-state index is -3.58. The Labute approximate surface area is 154 Å². The van der Waals surface area contributed by atoms with E-state index in [2.05, 4.69) is 0 Å². The van der Waals surface area contributed by atoms with Gasteiger partial charge in [0.25, 0.3) is 5.91 Å². The monoisotopic (exact) mass is 401 g/mol. The third-order valence-electron chi connectivity index (χ3n) is 3.29. The van der Waals surface area contributed by atoms with E-state index in [1.165, 1.54) is 28.4 Å². The molecule has 0 fully saturated rings. The average Bonchev–Trinajstić information content (AvgIpc) is 3.04. The van der Waals surface area contributed by atoms with Crippen molar-refractivity contribution >= 4 is 44.7 Å². The number of carbonyl (C=O) groups is 2. The Hall–Kier alpha value is -1.90. The summed E-state index contributed by atoms with van der Waals surface area (Å²) in [7, 11) is -1.97. The Kier molecular flexibility index (Phi) is 6.21. The van der Waals surface area contributed by atoms with Crippen LogP contribution in [0.5, 0.6) is 0 Å². The first-order valence-electron chi connectivity index (χ1n) is 7.11. The van der Waals surface area contributed by atoms with E-state index in [1.54, 1.807) is 7.05 Å². The molecule has 0 aliphatic carbocycles. The highest BCUT2D eigenvalue weighted by Gasteiger charge is 2.18. The molecular weight excluding hydrogens is 386 g/mol. The topological polar surface area (TPSA) is 80.8 Å². The Bertz CT molecular complexity index is 878. The number of benzene rings is 1. The van der Waals surface area contributed by atoms with Gasteiger partial charge in [0.15, 0.2) is 16.4 Å². The highest BCUT2D eigenvalue weighted by molar-refractivity contribution is 7.90. The van der Waals surface area contributed by atoms with Crippen molar-refractivity contribution in [2.24, 2.45) is 0 Å². The van der Waals surface area contributed by atoms with E-state index in [0.29, 0.717) is 6.54 Å². The summed E-state index contributed by atoms with van der Waals surface area (Å²) in [4.78, 5) is 26.4. The number of rotatable bonds is 6. The fourth-order valence-electron chi connectivity index (χ4n) is 1.96. The standard InChI is InChI=1S/C16H16ClNO5S2/c1-18(9-12-4-3-7-24-12)15(19)10-23-16(20)11-5-6-13(17)14(8-11)25(2,21)22/h3-8H,9-10H2,1-2H3. The van der Waals surface area contributed by atoms with E-state index in [1.807, 2.05) is 17.5 Å². The summed E-state index contributed by atoms with van der Waals surface area (Å²) in [6, 6.07) is 7.58. The van der Waals surface area contributed by atoms with Crippen LogP contribution in [-0.4, -0.2) is 45.1 Å². The van der Waals surface area contributed by atoms with Gasteiger partial charge in [0.2, 0.25) is 0 Å². The van der Waals surface area contributed by atoms with Gasteiger partial charge in [-0.15, -0.1) is 11.3 Å². The predicted molar refractivity (Wildman–Crippen MR) is 95.6 cm³/mol. The molecule has 0 saturated carbocycles. The number of likely N-dealkylation sites (N-methyl/N-ethyl adjacent to an activating group) is 1. The summed E-state index contributed by atoms with van der Waals surface area (Å²) in [6.07, 6.45) is 0.992. The van der Waals surface area contributed by atoms with Crippen molar-refractivity contribution in [1.82, 2.24) is 4.90 Å². The summed E-state index contributed by atoms with van der Waals surface area (Å²) in [5, 5.41) is 1.93. The largest absolute Gasteiger partial charge is 0.452 e. The lowest BCUT2D eigenvalue weighted by atomic mass is 10.2. The van der Waals surface area contributed by atoms with Crippen LogP contribution in [0.2, 0.25) is 5.02 Å². The third-order valence-corrected chi connectivity index (χ3v) is 5.73. The highest BCUT2D eigenvalue weighted by Crippen LogP contribution is 2.23. The van der Waals surface area contributed by atoms with Crippen LogP contribution in [0, 0.1) is 0 Å². The number of sulfone groups is 1. The molecule has 1 heterocycles. The number of carbonyl (C=O) groups excluding carboxylic acids is 2. The molecule has 0 N–H and O–H groups in total. The van der Waals surface area contributed by atoms with Gasteiger partial charge in [0.05, 0.1) is 22.0 Å². The zero-order chi connectivity index (χ0) is 18.6. The number of hydrogen-bond acceptors (Lipinski definition) is 6. The molecule has 0 radical (unpaired) electrons. The summed E-state index contributed by atoms with van der Waals surface area (Å²) < 4.78 is 28.3. The van der Waals surface area contributed by atoms with Crippen molar-refractivity contribution in [1.29, 1.82) is 0 Å². The van der Waals surface area contributed by atoms with Crippen molar-refractivity contribution in [3.05, 3.63) is 51.2 Å². The molecule has 0 spiro atoms. The number of amides is 1. The van der Waals surface area contributed by atoms with Crippen LogP contribution < -0.4 is 0 Å². The van der Waals surface area contributed by atoms with E-state index < -0.39 is 22.4 Å². The van der Waals surface area contributed by atoms with Gasteiger partial charge < -0.3 is 9.64 Å². The molecule has 1 amide bonds. The Morgan fingerprint density at radius 2 is 2.00 bits per heavy atom. The van der Waals surface area contributed by atoms with E-state index >= 15 is 0 Å². The van der Waals surface area contributed by atoms with Gasteiger partial charge in [0.1, 0.15) is 0 Å². The van der Waals surface area contributed by atoms with E-state index in [0.717, 1.165) is 17.2 Å². The maximum absolute atomic E-state index is 12.1. The van der Waals surface area contributed by atoms with Crippen molar-refractivity contribution in [3.8, 4) is 0 Å². The molecule has 0 aliphatic heterocycles. The lowest BCUT2D eigenvalue weighted by Gasteiger charge is -2.16. The van der Waals surface area contributed by atoms with Crippen LogP contribution in [0.15, 0.2) is 40.6 Å². The molecule has 6 nitrogen and oxygen atoms in total. The molecule has 2 aromatic rings. The number of esters is 1. The van der Waals surface area contributed by atoms with Gasteiger partial charge in [0, 0.05) is 18.2 Å². The van der Waals surface area contributed by atoms with Gasteiger partial charge in [-0.1, -0.05) is 17.7 Å². The fourth-order valence-corrected chi connectivity index (χ4v) is 4.02. The number of ether oxygens (including phenoxy) is 1. The predicted octanol–water partition coefficient (Wildman–Crippen LogP) is 2.62. The molecule has 0 unspecified atom stereocenters. The quantitative estimate of drug-likeness (QED) is 0.695. The molecule has 0 aliphatic rings. The normalized spacial score (nSPS) is 11.2. The lowest BCUT2D eigenvalue weighted by molar-refractivity contribution is -0.133. The smallest absolute Gasteiger partial charge is 0.338 e. The number of thiophene rings is 1. The summed E-state index contributed by atoms with van der Waals surface area (Å²) in [5.41, 5.74) is 0.0125. The molecule has 1 aromatic carbocycles. The number of hydrogen-bond donors (Lipinski definition) is 0. The van der Waals surface area contributed by atoms with Crippen LogP contribution in [0.25, 0.3) is 0 Å². The Balaban J connectivity index is 1.99. The van der Waals surface area contributed by atoms with Gasteiger partial charge in [-0.25, -0.2) is 13.2 Å². The van der Waals surface area contributed by atoms with Crippen LogP contribution in [0.1, 0.15) is 15.2 Å². The van der Waals surface area contributed by atoms with E-state index in [-0.39, 0.29) is 21.4 Å². The van der Waals surface area contributed by atoms with E-state index in [4.69, 9.17) is 16.3 Å². The van der Waals surface area contributed by atoms with Crippen molar-refractivity contribution in [3.63, 3.8) is 0 Å². The van der Waals surface area contributed by atoms with E-state index in [9.17, 15) is 18.0 Å². The van der Waals surface area contributed by atoms with Gasteiger partial charge in [-0.2, -0.15) is 0 Å². The van der Waals surface area contributed by atoms with Crippen molar-refractivity contribution in [2.45, 2.75) is 11.4 Å². The molecule has 1 aromatic heterocycles. The second-order valence-electron chi connectivity index (χ2n) is 5.32. The van der Waals surface area contributed by atoms with Crippen LogP contribution in [-0.2, 0) is 25.9 Å². The first-order valence-corrected chi connectivity index (χ1v) is 10.3. The zero-order valence-electron chi connectivity index (χ0n) is 13.6. The molecule has 2 rings (SSSR count). The van der Waals surface area contributed by atoms with Crippen LogP contribution >= 0.6 is 22.9 Å². The molecule has 0 atom stereocenters. The maximum Gasteiger partial charge on any atom is 0.338 e. The average molecular weight is 402 g/mol. The van der Waals surface area contributed by atoms with Crippen LogP contribution in [0.3, 0.4) is 0 Å². The summed E-state index contributed by atoms with van der Waals surface area (Å²) in [5.74, 6) is -1.15. The molecule has 0 bridgehead atoms. The molecule has 0 saturated heterocycles. The van der Waals surface area contributed by atoms with Gasteiger partial charge >= 0.3 is 5.97 Å². The van der Waals surface area contributed by atoms with Gasteiger partial charge in [-0.3, -0.25) is 4.79 Å². The highest BCUT2D eigenvalue weighted by atomic mass is 35.5. The minimum absolute atomic E-state index is 0.0125. The fraction of sp³-hybridized carbons (Fsp3) is 0.250. The Morgan fingerprint density at radius 3 is 2.60 bits per heavy atom. The maximum atomic E-state index is 12.1. The first kappa shape index (κ1) is 19.4. The molecule has 25 heavy (non-hydrogen) atoms. The number of halogens is 1. The zero-order valence-corrected chi connectivity index (χ0v) is 16.0. The van der Waals surface area contributed by atoms with Crippen LogP contribution in [0.4, 0.5) is 0 Å². The Morgan fingerprint density at radius 1 is 1.28 bits per heavy atom. The van der Waals surface area contributed by atoms with Crippen molar-refractivity contribution < 1.29 is 22.7 Å². The minimum Gasteiger partial charge on any atom is -0.452 e. The number of nitrogens with zero attached hydrogens (tertiary/aromatic N) is 1. The summed E-state index contributed by atoms with van der Waals surface area (Å²) >= 11 is 7.36. The molecule has 9 heteroatoms. The van der Waals surface area contributed by atoms with Gasteiger partial charge in [-0.05, 0) is 29.6 Å². The second kappa shape index (κ2) is 7.99. The molecular formula is C16H16ClNO5S2.